The molecule has 0 aliphatic carbocycles. The van der Waals surface area contributed by atoms with Crippen molar-refractivity contribution in [1.82, 2.24) is 25.3 Å². The van der Waals surface area contributed by atoms with Crippen LogP contribution in [0, 0.1) is 18.2 Å². The van der Waals surface area contributed by atoms with E-state index in [1.165, 1.54) is 22.9 Å². The quantitative estimate of drug-likeness (QED) is 0.522. The van der Waals surface area contributed by atoms with Gasteiger partial charge in [-0.25, -0.2) is 9.07 Å². The second-order valence-electron chi connectivity index (χ2n) is 9.54. The Hall–Kier alpha value is -3.11. The third kappa shape index (κ3) is 5.43. The van der Waals surface area contributed by atoms with Gasteiger partial charge in [-0.3, -0.25) is 9.59 Å². The standard InChI is InChI=1S/C24H27ClFN5O4/c1-13-28-29-20(35-13)8-7-19(32)22(24(2,3)4)27-23(33)21-15-12-34-10-9-17(15)31(30-21)18-11-14(25)5-6-16(18)26/h5-6,11,22H,7-10,12H2,1-4H3,(H,27,33)/t22-/m1/s1. The lowest BCUT2D eigenvalue weighted by molar-refractivity contribution is -0.123. The molecule has 35 heavy (non-hydrogen) atoms. The van der Waals surface area contributed by atoms with Gasteiger partial charge in [0.05, 0.1) is 24.9 Å². The van der Waals surface area contributed by atoms with Crippen LogP contribution in [0.3, 0.4) is 0 Å². The van der Waals surface area contributed by atoms with Crippen LogP contribution in [0.25, 0.3) is 5.69 Å². The molecule has 0 bridgehead atoms. The number of Topliss-reactive ketones (excluding diaryl/α,β-unsaturated/α-hetero) is 1. The number of benzene rings is 1. The maximum Gasteiger partial charge on any atom is 0.272 e. The molecule has 0 spiro atoms. The summed E-state index contributed by atoms with van der Waals surface area (Å²) in [5.41, 5.74) is 0.902. The van der Waals surface area contributed by atoms with Gasteiger partial charge in [-0.2, -0.15) is 5.10 Å². The molecule has 2 aromatic heterocycles. The van der Waals surface area contributed by atoms with Crippen molar-refractivity contribution in [2.24, 2.45) is 5.41 Å². The molecule has 3 aromatic rings. The Morgan fingerprint density at radius 3 is 2.74 bits per heavy atom. The molecule has 0 saturated heterocycles. The van der Waals surface area contributed by atoms with Crippen LogP contribution in [0.4, 0.5) is 4.39 Å². The first-order valence-corrected chi connectivity index (χ1v) is 11.7. The average molecular weight is 504 g/mol. The van der Waals surface area contributed by atoms with Crippen molar-refractivity contribution in [1.29, 1.82) is 0 Å². The molecule has 1 aliphatic rings. The van der Waals surface area contributed by atoms with Crippen LogP contribution >= 0.6 is 11.6 Å². The zero-order chi connectivity index (χ0) is 25.3. The van der Waals surface area contributed by atoms with E-state index >= 15 is 0 Å². The highest BCUT2D eigenvalue weighted by Gasteiger charge is 2.35. The van der Waals surface area contributed by atoms with Gasteiger partial charge in [-0.05, 0) is 23.6 Å². The number of halogens is 2. The van der Waals surface area contributed by atoms with Gasteiger partial charge >= 0.3 is 0 Å². The molecule has 3 heterocycles. The number of ketones is 1. The minimum Gasteiger partial charge on any atom is -0.426 e. The van der Waals surface area contributed by atoms with Crippen LogP contribution in [-0.2, 0) is 29.0 Å². The van der Waals surface area contributed by atoms with Gasteiger partial charge in [-0.15, -0.1) is 10.2 Å². The first-order valence-electron chi connectivity index (χ1n) is 11.3. The Labute approximate surface area is 207 Å². The Morgan fingerprint density at radius 1 is 1.29 bits per heavy atom. The highest BCUT2D eigenvalue weighted by atomic mass is 35.5. The summed E-state index contributed by atoms with van der Waals surface area (Å²) >= 11 is 6.08. The lowest BCUT2D eigenvalue weighted by Gasteiger charge is -2.30. The fourth-order valence-electron chi connectivity index (χ4n) is 4.06. The number of hydrogen-bond acceptors (Lipinski definition) is 7. The average Bonchev–Trinajstić information content (AvgIpc) is 3.40. The molecule has 0 fully saturated rings. The van der Waals surface area contributed by atoms with Gasteiger partial charge in [0.25, 0.3) is 5.91 Å². The maximum absolute atomic E-state index is 14.6. The smallest absolute Gasteiger partial charge is 0.272 e. The van der Waals surface area contributed by atoms with E-state index in [-0.39, 0.29) is 36.6 Å². The van der Waals surface area contributed by atoms with Gasteiger partial charge in [-0.1, -0.05) is 32.4 Å². The summed E-state index contributed by atoms with van der Waals surface area (Å²) in [4.78, 5) is 26.5. The largest absolute Gasteiger partial charge is 0.426 e. The van der Waals surface area contributed by atoms with Crippen molar-refractivity contribution in [2.45, 2.75) is 59.6 Å². The number of amides is 1. The molecule has 1 N–H and O–H groups in total. The summed E-state index contributed by atoms with van der Waals surface area (Å²) in [6.45, 7) is 7.85. The molecule has 4 rings (SSSR count). The first-order chi connectivity index (χ1) is 16.5. The molecule has 1 aromatic carbocycles. The van der Waals surface area contributed by atoms with E-state index in [0.29, 0.717) is 41.1 Å². The normalized spacial score (nSPS) is 14.5. The number of nitrogens with one attached hydrogen (secondary N) is 1. The number of rotatable bonds is 7. The number of carbonyl (C=O) groups is 2. The molecule has 0 radical (unpaired) electrons. The monoisotopic (exact) mass is 503 g/mol. The predicted octanol–water partition coefficient (Wildman–Crippen LogP) is 3.78. The molecule has 9 nitrogen and oxygen atoms in total. The molecular formula is C24H27ClFN5O4. The number of nitrogens with zero attached hydrogens (tertiary/aromatic N) is 4. The Bertz CT molecular complexity index is 1260. The van der Waals surface area contributed by atoms with E-state index in [2.05, 4.69) is 20.6 Å². The Balaban J connectivity index is 1.61. The summed E-state index contributed by atoms with van der Waals surface area (Å²) in [7, 11) is 0. The van der Waals surface area contributed by atoms with Crippen LogP contribution in [0.1, 0.15) is 60.7 Å². The number of fused-ring (bicyclic) bond motifs is 1. The van der Waals surface area contributed by atoms with E-state index < -0.39 is 23.2 Å². The van der Waals surface area contributed by atoms with Crippen LogP contribution in [0.5, 0.6) is 0 Å². The van der Waals surface area contributed by atoms with Crippen molar-refractivity contribution < 1.29 is 23.1 Å². The second kappa shape index (κ2) is 9.87. The number of ether oxygens (including phenoxy) is 1. The lowest BCUT2D eigenvalue weighted by atomic mass is 9.82. The number of aryl methyl sites for hydroxylation is 2. The lowest BCUT2D eigenvalue weighted by Crippen LogP contribution is -2.49. The fraction of sp³-hybridized carbons (Fsp3) is 0.458. The third-order valence-electron chi connectivity index (χ3n) is 5.79. The van der Waals surface area contributed by atoms with Gasteiger partial charge in [0.15, 0.2) is 11.5 Å². The molecule has 1 aliphatic heterocycles. The van der Waals surface area contributed by atoms with Crippen LogP contribution in [0.2, 0.25) is 5.02 Å². The van der Waals surface area contributed by atoms with E-state index in [1.54, 1.807) is 6.92 Å². The highest BCUT2D eigenvalue weighted by molar-refractivity contribution is 6.30. The molecule has 1 amide bonds. The topological polar surface area (TPSA) is 112 Å². The van der Waals surface area contributed by atoms with Gasteiger partial charge in [0, 0.05) is 36.8 Å². The van der Waals surface area contributed by atoms with Gasteiger partial charge < -0.3 is 14.5 Å². The summed E-state index contributed by atoms with van der Waals surface area (Å²) in [5, 5.41) is 15.3. The number of aromatic nitrogens is 4. The van der Waals surface area contributed by atoms with Crippen molar-refractivity contribution in [3.05, 3.63) is 57.8 Å². The van der Waals surface area contributed by atoms with Crippen molar-refractivity contribution in [3.8, 4) is 5.69 Å². The van der Waals surface area contributed by atoms with Crippen LogP contribution in [0.15, 0.2) is 22.6 Å². The Morgan fingerprint density at radius 2 is 2.06 bits per heavy atom. The van der Waals surface area contributed by atoms with E-state index in [0.717, 1.165) is 0 Å². The Kier molecular flexibility index (Phi) is 7.05. The van der Waals surface area contributed by atoms with Crippen molar-refractivity contribution in [3.63, 3.8) is 0 Å². The van der Waals surface area contributed by atoms with Crippen molar-refractivity contribution in [2.75, 3.05) is 6.61 Å². The summed E-state index contributed by atoms with van der Waals surface area (Å²) in [5.74, 6) is -0.436. The zero-order valence-corrected chi connectivity index (χ0v) is 20.8. The zero-order valence-electron chi connectivity index (χ0n) is 20.0. The molecule has 0 unspecified atom stereocenters. The number of carbonyl (C=O) groups excluding carboxylic acids is 2. The van der Waals surface area contributed by atoms with E-state index in [9.17, 15) is 14.0 Å². The van der Waals surface area contributed by atoms with E-state index in [1.807, 2.05) is 20.8 Å². The highest BCUT2D eigenvalue weighted by Crippen LogP contribution is 2.28. The minimum absolute atomic E-state index is 0.0913. The molecule has 0 saturated carbocycles. The second-order valence-corrected chi connectivity index (χ2v) is 9.97. The molecule has 11 heteroatoms. The molecular weight excluding hydrogens is 477 g/mol. The molecule has 1 atom stereocenters. The van der Waals surface area contributed by atoms with E-state index in [4.69, 9.17) is 20.8 Å². The first kappa shape index (κ1) is 25.0. The minimum atomic E-state index is -0.799. The fourth-order valence-corrected chi connectivity index (χ4v) is 4.23. The van der Waals surface area contributed by atoms with Crippen LogP contribution in [-0.4, -0.2) is 44.3 Å². The maximum atomic E-state index is 14.6. The number of hydrogen-bond donors (Lipinski definition) is 1. The summed E-state index contributed by atoms with van der Waals surface area (Å²) in [6.07, 6.45) is 0.841. The molecule has 186 valence electrons. The summed E-state index contributed by atoms with van der Waals surface area (Å²) in [6, 6.07) is 3.36. The van der Waals surface area contributed by atoms with Gasteiger partial charge in [0.2, 0.25) is 11.8 Å². The van der Waals surface area contributed by atoms with Crippen LogP contribution < -0.4 is 5.32 Å². The van der Waals surface area contributed by atoms with Crippen molar-refractivity contribution >= 4 is 23.3 Å². The summed E-state index contributed by atoms with van der Waals surface area (Å²) < 4.78 is 26.9. The predicted molar refractivity (Wildman–Crippen MR) is 125 cm³/mol. The SMILES string of the molecule is Cc1nnc(CCC(=O)[C@@H](NC(=O)c2nn(-c3cc(Cl)ccc3F)c3c2COCC3)C(C)(C)C)o1. The van der Waals surface area contributed by atoms with Gasteiger partial charge in [0.1, 0.15) is 11.5 Å². The third-order valence-corrected chi connectivity index (χ3v) is 6.02.